The molecule has 4 rings (SSSR count). The highest BCUT2D eigenvalue weighted by atomic mass is 32.1. The first kappa shape index (κ1) is 15.6. The molecule has 9 heteroatoms. The Bertz CT molecular complexity index is 901. The summed E-state index contributed by atoms with van der Waals surface area (Å²) in [5.41, 5.74) is 1.11. The van der Waals surface area contributed by atoms with E-state index >= 15 is 0 Å². The first-order chi connectivity index (χ1) is 12.2. The van der Waals surface area contributed by atoms with Crippen molar-refractivity contribution < 1.29 is 9.53 Å². The van der Waals surface area contributed by atoms with Crippen molar-refractivity contribution in [3.63, 3.8) is 0 Å². The Morgan fingerprint density at radius 3 is 2.96 bits per heavy atom. The van der Waals surface area contributed by atoms with Crippen molar-refractivity contribution in [1.82, 2.24) is 20.2 Å². The molecule has 1 aliphatic carbocycles. The molecule has 1 amide bonds. The maximum Gasteiger partial charge on any atom is 0.277 e. The molecular formula is C16H16N6O2S. The molecule has 0 saturated heterocycles. The van der Waals surface area contributed by atoms with Gasteiger partial charge in [0.1, 0.15) is 11.4 Å². The molecule has 0 radical (unpaired) electrons. The van der Waals surface area contributed by atoms with Gasteiger partial charge in [-0.15, -0.1) is 16.4 Å². The molecule has 1 saturated carbocycles. The molecule has 0 spiro atoms. The largest absolute Gasteiger partial charge is 0.496 e. The topological polar surface area (TPSA) is 105 Å². The fourth-order valence-corrected chi connectivity index (χ4v) is 3.06. The zero-order valence-electron chi connectivity index (χ0n) is 13.4. The summed E-state index contributed by atoms with van der Waals surface area (Å²) >= 11 is 1.42. The lowest BCUT2D eigenvalue weighted by Crippen LogP contribution is -2.13. The Morgan fingerprint density at radius 1 is 1.32 bits per heavy atom. The van der Waals surface area contributed by atoms with Gasteiger partial charge >= 0.3 is 0 Å². The van der Waals surface area contributed by atoms with Crippen LogP contribution in [0.15, 0.2) is 29.6 Å². The van der Waals surface area contributed by atoms with Crippen LogP contribution in [0.2, 0.25) is 0 Å². The second-order valence-electron chi connectivity index (χ2n) is 5.62. The van der Waals surface area contributed by atoms with E-state index in [0.29, 0.717) is 23.3 Å². The van der Waals surface area contributed by atoms with E-state index in [2.05, 4.69) is 30.8 Å². The average molecular weight is 356 g/mol. The summed E-state index contributed by atoms with van der Waals surface area (Å²) in [5.74, 6) is 1.04. The summed E-state index contributed by atoms with van der Waals surface area (Å²) in [6.07, 6.45) is 2.31. The number of hydrogen-bond donors (Lipinski definition) is 3. The molecule has 1 aliphatic rings. The number of para-hydroxylation sites is 1. The van der Waals surface area contributed by atoms with E-state index in [-0.39, 0.29) is 11.9 Å². The second kappa shape index (κ2) is 6.52. The highest BCUT2D eigenvalue weighted by Crippen LogP contribution is 2.28. The second-order valence-corrected chi connectivity index (χ2v) is 6.48. The Kier molecular flexibility index (Phi) is 4.06. The van der Waals surface area contributed by atoms with Gasteiger partial charge in [-0.2, -0.15) is 4.98 Å². The molecule has 3 N–H and O–H groups in total. The Morgan fingerprint density at radius 2 is 2.16 bits per heavy atom. The number of thiazole rings is 1. The number of amides is 1. The van der Waals surface area contributed by atoms with Crippen LogP contribution in [0.25, 0.3) is 11.4 Å². The van der Waals surface area contributed by atoms with E-state index in [1.165, 1.54) is 11.3 Å². The number of aromatic nitrogens is 4. The fourth-order valence-electron chi connectivity index (χ4n) is 2.29. The monoisotopic (exact) mass is 356 g/mol. The third-order valence-electron chi connectivity index (χ3n) is 3.71. The zero-order valence-corrected chi connectivity index (χ0v) is 14.3. The normalized spacial score (nSPS) is 13.5. The number of carbonyl (C=O) groups is 1. The van der Waals surface area contributed by atoms with Crippen LogP contribution in [-0.2, 0) is 0 Å². The molecule has 25 heavy (non-hydrogen) atoms. The number of nitrogens with one attached hydrogen (secondary N) is 3. The summed E-state index contributed by atoms with van der Waals surface area (Å²) in [7, 11) is 1.59. The molecule has 2 aromatic heterocycles. The summed E-state index contributed by atoms with van der Waals surface area (Å²) in [4.78, 5) is 20.9. The SMILES string of the molecule is COc1ccccc1-c1nc(NC(=O)c2csc(NC3CC3)n2)n[nH]1. The Labute approximate surface area is 147 Å². The van der Waals surface area contributed by atoms with E-state index in [1.807, 2.05) is 24.3 Å². The number of methoxy groups -OCH3 is 1. The number of anilines is 2. The molecule has 1 aromatic carbocycles. The van der Waals surface area contributed by atoms with Crippen LogP contribution in [0.1, 0.15) is 23.3 Å². The van der Waals surface area contributed by atoms with Crippen LogP contribution < -0.4 is 15.4 Å². The number of H-pyrrole nitrogens is 1. The van der Waals surface area contributed by atoms with Crippen molar-refractivity contribution in [3.05, 3.63) is 35.3 Å². The van der Waals surface area contributed by atoms with Crippen molar-refractivity contribution >= 4 is 28.3 Å². The van der Waals surface area contributed by atoms with Crippen molar-refractivity contribution in [2.75, 3.05) is 17.7 Å². The van der Waals surface area contributed by atoms with Gasteiger partial charge in [0.2, 0.25) is 5.95 Å². The van der Waals surface area contributed by atoms with Gasteiger partial charge in [0.25, 0.3) is 5.91 Å². The Balaban J connectivity index is 1.47. The lowest BCUT2D eigenvalue weighted by atomic mass is 10.2. The number of ether oxygens (including phenoxy) is 1. The minimum absolute atomic E-state index is 0.190. The fraction of sp³-hybridized carbons (Fsp3) is 0.250. The summed E-state index contributed by atoms with van der Waals surface area (Å²) < 4.78 is 5.31. The van der Waals surface area contributed by atoms with E-state index in [9.17, 15) is 4.79 Å². The van der Waals surface area contributed by atoms with Crippen LogP contribution in [-0.4, -0.2) is 39.2 Å². The predicted octanol–water partition coefficient (Wildman–Crippen LogP) is 2.76. The maximum atomic E-state index is 12.3. The van der Waals surface area contributed by atoms with Crippen molar-refractivity contribution in [1.29, 1.82) is 0 Å². The lowest BCUT2D eigenvalue weighted by Gasteiger charge is -2.04. The van der Waals surface area contributed by atoms with Gasteiger partial charge in [-0.1, -0.05) is 12.1 Å². The summed E-state index contributed by atoms with van der Waals surface area (Å²) in [6.45, 7) is 0. The van der Waals surface area contributed by atoms with Crippen LogP contribution in [0.4, 0.5) is 11.1 Å². The quantitative estimate of drug-likeness (QED) is 0.627. The van der Waals surface area contributed by atoms with E-state index in [1.54, 1.807) is 12.5 Å². The smallest absolute Gasteiger partial charge is 0.277 e. The minimum Gasteiger partial charge on any atom is -0.496 e. The first-order valence-electron chi connectivity index (χ1n) is 7.82. The third kappa shape index (κ3) is 3.45. The number of carbonyl (C=O) groups excluding carboxylic acids is 1. The molecule has 1 fully saturated rings. The van der Waals surface area contributed by atoms with Gasteiger partial charge in [0.15, 0.2) is 11.0 Å². The van der Waals surface area contributed by atoms with Gasteiger partial charge in [0, 0.05) is 11.4 Å². The number of benzene rings is 1. The Hall–Kier alpha value is -2.94. The van der Waals surface area contributed by atoms with Crippen LogP contribution in [0.5, 0.6) is 5.75 Å². The first-order valence-corrected chi connectivity index (χ1v) is 8.70. The predicted molar refractivity (Wildman–Crippen MR) is 95.1 cm³/mol. The number of nitrogens with zero attached hydrogens (tertiary/aromatic N) is 3. The van der Waals surface area contributed by atoms with Gasteiger partial charge in [-0.05, 0) is 25.0 Å². The van der Waals surface area contributed by atoms with Gasteiger partial charge in [-0.3, -0.25) is 15.2 Å². The lowest BCUT2D eigenvalue weighted by molar-refractivity contribution is 0.102. The molecule has 128 valence electrons. The van der Waals surface area contributed by atoms with Gasteiger partial charge < -0.3 is 10.1 Å². The van der Waals surface area contributed by atoms with E-state index < -0.39 is 0 Å². The zero-order chi connectivity index (χ0) is 17.2. The minimum atomic E-state index is -0.342. The molecule has 2 heterocycles. The van der Waals surface area contributed by atoms with Crippen molar-refractivity contribution in [2.45, 2.75) is 18.9 Å². The highest BCUT2D eigenvalue weighted by Gasteiger charge is 2.23. The highest BCUT2D eigenvalue weighted by molar-refractivity contribution is 7.13. The third-order valence-corrected chi connectivity index (χ3v) is 4.49. The summed E-state index contributed by atoms with van der Waals surface area (Å²) in [5, 5.41) is 15.2. The van der Waals surface area contributed by atoms with Crippen LogP contribution in [0, 0.1) is 0 Å². The van der Waals surface area contributed by atoms with Crippen LogP contribution in [0.3, 0.4) is 0 Å². The number of aromatic amines is 1. The number of hydrogen-bond acceptors (Lipinski definition) is 7. The maximum absolute atomic E-state index is 12.3. The molecule has 8 nitrogen and oxygen atoms in total. The van der Waals surface area contributed by atoms with Crippen molar-refractivity contribution in [3.8, 4) is 17.1 Å². The molecule has 3 aromatic rings. The van der Waals surface area contributed by atoms with Crippen LogP contribution >= 0.6 is 11.3 Å². The van der Waals surface area contributed by atoms with Gasteiger partial charge in [-0.25, -0.2) is 4.98 Å². The molecule has 0 bridgehead atoms. The van der Waals surface area contributed by atoms with Crippen molar-refractivity contribution in [2.24, 2.45) is 0 Å². The van der Waals surface area contributed by atoms with Gasteiger partial charge in [0.05, 0.1) is 12.7 Å². The summed E-state index contributed by atoms with van der Waals surface area (Å²) in [6, 6.07) is 7.94. The molecule has 0 aliphatic heterocycles. The number of rotatable bonds is 6. The van der Waals surface area contributed by atoms with E-state index in [4.69, 9.17) is 4.74 Å². The molecular weight excluding hydrogens is 340 g/mol. The standard InChI is InChI=1S/C16H16N6O2S/c1-24-12-5-3-2-4-10(12)13-19-15(22-21-13)20-14(23)11-8-25-16(18-11)17-9-6-7-9/h2-5,8-9H,6-7H2,1H3,(H,17,18)(H2,19,20,21,22,23). The average Bonchev–Trinajstić information content (AvgIpc) is 3.12. The molecule has 0 atom stereocenters. The van der Waals surface area contributed by atoms with E-state index in [0.717, 1.165) is 23.5 Å². The molecule has 0 unspecified atom stereocenters.